The van der Waals surface area contributed by atoms with Crippen LogP contribution in [0.2, 0.25) is 0 Å². The molecule has 0 radical (unpaired) electrons. The molecule has 3 N–H and O–H groups in total. The summed E-state index contributed by atoms with van der Waals surface area (Å²) in [4.78, 5) is 12.2. The molecule has 0 saturated heterocycles. The summed E-state index contributed by atoms with van der Waals surface area (Å²) >= 11 is 6.85. The molecular weight excluding hydrogens is 388 g/mol. The van der Waals surface area contributed by atoms with E-state index in [1.807, 2.05) is 6.07 Å². The molecule has 0 aliphatic heterocycles. The molecule has 2 rings (SSSR count). The number of halogens is 2. The summed E-state index contributed by atoms with van der Waals surface area (Å²) in [6, 6.07) is 3.65. The lowest BCUT2D eigenvalue weighted by atomic mass is 9.66. The quantitative estimate of drug-likeness (QED) is 0.785. The first kappa shape index (κ1) is 15.8. The minimum absolute atomic E-state index is 0.000209. The van der Waals surface area contributed by atoms with E-state index in [9.17, 15) is 4.79 Å². The van der Waals surface area contributed by atoms with Crippen LogP contribution >= 0.6 is 31.9 Å². The third-order valence-electron chi connectivity index (χ3n) is 3.90. The molecule has 1 aliphatic carbocycles. The van der Waals surface area contributed by atoms with Crippen LogP contribution in [0.4, 0.5) is 5.69 Å². The van der Waals surface area contributed by atoms with Gasteiger partial charge >= 0.3 is 0 Å². The van der Waals surface area contributed by atoms with Gasteiger partial charge in [-0.2, -0.15) is 0 Å². The number of methoxy groups -OCH3 is 1. The molecule has 0 atom stereocenters. The number of carbonyl (C=O) groups excluding carboxylic acids is 1. The molecule has 6 heteroatoms. The van der Waals surface area contributed by atoms with Gasteiger partial charge in [0.2, 0.25) is 5.91 Å². The second-order valence-corrected chi connectivity index (χ2v) is 6.96. The van der Waals surface area contributed by atoms with Gasteiger partial charge in [0.15, 0.2) is 0 Å². The fourth-order valence-corrected chi connectivity index (χ4v) is 3.70. The molecule has 1 aliphatic rings. The number of carbonyl (C=O) groups is 1. The third kappa shape index (κ3) is 3.35. The summed E-state index contributed by atoms with van der Waals surface area (Å²) in [5.74, 6) is 0.681. The van der Waals surface area contributed by atoms with Crippen LogP contribution in [0.3, 0.4) is 0 Å². The number of hydrogen-bond donors (Lipinski definition) is 2. The molecule has 0 aromatic heterocycles. The molecule has 110 valence electrons. The second-order valence-electron chi connectivity index (χ2n) is 5.25. The molecule has 0 bridgehead atoms. The largest absolute Gasteiger partial charge is 0.495 e. The van der Waals surface area contributed by atoms with Crippen molar-refractivity contribution in [2.45, 2.75) is 25.7 Å². The molecule has 0 unspecified atom stereocenters. The average molecular weight is 406 g/mol. The van der Waals surface area contributed by atoms with Crippen molar-refractivity contribution in [1.82, 2.24) is 0 Å². The van der Waals surface area contributed by atoms with Crippen LogP contribution in [0.1, 0.15) is 25.7 Å². The van der Waals surface area contributed by atoms with Crippen LogP contribution in [-0.2, 0) is 4.79 Å². The van der Waals surface area contributed by atoms with Gasteiger partial charge in [-0.25, -0.2) is 0 Å². The Balaban J connectivity index is 2.07. The van der Waals surface area contributed by atoms with Crippen molar-refractivity contribution in [3.63, 3.8) is 0 Å². The van der Waals surface area contributed by atoms with Gasteiger partial charge in [-0.3, -0.25) is 4.79 Å². The van der Waals surface area contributed by atoms with Crippen molar-refractivity contribution in [2.24, 2.45) is 11.1 Å². The van der Waals surface area contributed by atoms with E-state index in [1.165, 1.54) is 6.42 Å². The summed E-state index contributed by atoms with van der Waals surface area (Å²) in [6.45, 7) is 0.575. The van der Waals surface area contributed by atoms with Crippen molar-refractivity contribution >= 4 is 43.5 Å². The predicted octanol–water partition coefficient (Wildman–Crippen LogP) is 3.68. The van der Waals surface area contributed by atoms with E-state index in [-0.39, 0.29) is 11.3 Å². The first-order valence-electron chi connectivity index (χ1n) is 6.53. The Morgan fingerprint density at radius 1 is 1.40 bits per heavy atom. The molecule has 1 amide bonds. The third-order valence-corrected chi connectivity index (χ3v) is 5.17. The highest BCUT2D eigenvalue weighted by atomic mass is 79.9. The van der Waals surface area contributed by atoms with E-state index in [1.54, 1.807) is 13.2 Å². The topological polar surface area (TPSA) is 64.3 Å². The van der Waals surface area contributed by atoms with E-state index in [0.29, 0.717) is 24.4 Å². The predicted molar refractivity (Wildman–Crippen MR) is 87.0 cm³/mol. The number of nitrogens with one attached hydrogen (secondary N) is 1. The first-order chi connectivity index (χ1) is 9.49. The van der Waals surface area contributed by atoms with Crippen molar-refractivity contribution in [3.05, 3.63) is 21.1 Å². The number of benzene rings is 1. The van der Waals surface area contributed by atoms with Crippen molar-refractivity contribution < 1.29 is 9.53 Å². The lowest BCUT2D eigenvalue weighted by Gasteiger charge is -2.40. The van der Waals surface area contributed by atoms with Crippen LogP contribution in [0, 0.1) is 5.41 Å². The number of ether oxygens (including phenoxy) is 1. The summed E-state index contributed by atoms with van der Waals surface area (Å²) in [5.41, 5.74) is 6.51. The standard InChI is InChI=1S/C14H18Br2N2O2/c1-20-12-6-11(9(15)5-10(12)16)18-13(19)7-14(8-17)3-2-4-14/h5-6H,2-4,7-8,17H2,1H3,(H,18,19). The normalized spacial score (nSPS) is 16.4. The van der Waals surface area contributed by atoms with Gasteiger partial charge in [-0.1, -0.05) is 6.42 Å². The Bertz CT molecular complexity index is 511. The zero-order chi connectivity index (χ0) is 14.8. The molecule has 1 aromatic carbocycles. The van der Waals surface area contributed by atoms with Gasteiger partial charge in [-0.15, -0.1) is 0 Å². The fourth-order valence-electron chi connectivity index (χ4n) is 2.45. The maximum atomic E-state index is 12.2. The Labute approximate surface area is 135 Å². The highest BCUT2D eigenvalue weighted by Gasteiger charge is 2.37. The van der Waals surface area contributed by atoms with Gasteiger partial charge in [0.25, 0.3) is 0 Å². The fraction of sp³-hybridized carbons (Fsp3) is 0.500. The van der Waals surface area contributed by atoms with Gasteiger partial charge in [0.05, 0.1) is 17.3 Å². The zero-order valence-electron chi connectivity index (χ0n) is 11.3. The van der Waals surface area contributed by atoms with E-state index in [4.69, 9.17) is 10.5 Å². The molecule has 0 heterocycles. The molecule has 1 fully saturated rings. The van der Waals surface area contributed by atoms with E-state index in [0.717, 1.165) is 21.8 Å². The zero-order valence-corrected chi connectivity index (χ0v) is 14.5. The highest BCUT2D eigenvalue weighted by molar-refractivity contribution is 9.11. The Morgan fingerprint density at radius 2 is 2.10 bits per heavy atom. The number of anilines is 1. The molecule has 1 aromatic rings. The first-order valence-corrected chi connectivity index (χ1v) is 8.11. The monoisotopic (exact) mass is 404 g/mol. The maximum absolute atomic E-state index is 12.2. The van der Waals surface area contributed by atoms with Crippen molar-refractivity contribution in [3.8, 4) is 5.75 Å². The molecule has 20 heavy (non-hydrogen) atoms. The average Bonchev–Trinajstić information content (AvgIpc) is 2.37. The van der Waals surface area contributed by atoms with Crippen LogP contribution in [-0.4, -0.2) is 19.6 Å². The summed E-state index contributed by atoms with van der Waals surface area (Å²) in [7, 11) is 1.59. The number of nitrogens with two attached hydrogens (primary N) is 1. The van der Waals surface area contributed by atoms with Gasteiger partial charge in [0.1, 0.15) is 5.75 Å². The minimum atomic E-state index is 0.000209. The smallest absolute Gasteiger partial charge is 0.225 e. The van der Waals surface area contributed by atoms with Crippen molar-refractivity contribution in [2.75, 3.05) is 19.0 Å². The number of amides is 1. The van der Waals surface area contributed by atoms with E-state index < -0.39 is 0 Å². The van der Waals surface area contributed by atoms with E-state index >= 15 is 0 Å². The van der Waals surface area contributed by atoms with Gasteiger partial charge in [0, 0.05) is 17.0 Å². The Hall–Kier alpha value is -0.590. The van der Waals surface area contributed by atoms with Crippen LogP contribution in [0.5, 0.6) is 5.75 Å². The SMILES string of the molecule is COc1cc(NC(=O)CC2(CN)CCC2)c(Br)cc1Br. The summed E-state index contributed by atoms with van der Waals surface area (Å²) in [5, 5.41) is 2.93. The Morgan fingerprint density at radius 3 is 2.60 bits per heavy atom. The molecular formula is C14H18Br2N2O2. The Kier molecular flexibility index (Phi) is 5.09. The number of rotatable bonds is 5. The van der Waals surface area contributed by atoms with E-state index in [2.05, 4.69) is 37.2 Å². The van der Waals surface area contributed by atoms with Crippen LogP contribution < -0.4 is 15.8 Å². The van der Waals surface area contributed by atoms with Gasteiger partial charge < -0.3 is 15.8 Å². The molecule has 1 saturated carbocycles. The second kappa shape index (κ2) is 6.45. The maximum Gasteiger partial charge on any atom is 0.225 e. The highest BCUT2D eigenvalue weighted by Crippen LogP contribution is 2.43. The van der Waals surface area contributed by atoms with Crippen LogP contribution in [0.25, 0.3) is 0 Å². The number of hydrogen-bond acceptors (Lipinski definition) is 3. The lowest BCUT2D eigenvalue weighted by molar-refractivity contribution is -0.119. The minimum Gasteiger partial charge on any atom is -0.495 e. The van der Waals surface area contributed by atoms with Gasteiger partial charge in [-0.05, 0) is 62.7 Å². The summed E-state index contributed by atoms with van der Waals surface area (Å²) < 4.78 is 6.89. The van der Waals surface area contributed by atoms with Crippen molar-refractivity contribution in [1.29, 1.82) is 0 Å². The lowest BCUT2D eigenvalue weighted by Crippen LogP contribution is -2.40. The molecule has 0 spiro atoms. The van der Waals surface area contributed by atoms with Crippen LogP contribution in [0.15, 0.2) is 21.1 Å². The molecule has 4 nitrogen and oxygen atoms in total. The summed E-state index contributed by atoms with van der Waals surface area (Å²) in [6.07, 6.45) is 3.73.